The zero-order chi connectivity index (χ0) is 13.9. The average molecular weight is 260 g/mol. The number of rotatable bonds is 9. The molecule has 0 aliphatic heterocycles. The van der Waals surface area contributed by atoms with Gasteiger partial charge in [0.05, 0.1) is 12.7 Å². The van der Waals surface area contributed by atoms with Crippen LogP contribution < -0.4 is 10.1 Å². The predicted octanol–water partition coefficient (Wildman–Crippen LogP) is 4.36. The lowest BCUT2D eigenvalue weighted by Crippen LogP contribution is -2.14. The van der Waals surface area contributed by atoms with Crippen molar-refractivity contribution in [1.82, 2.24) is 0 Å². The molecule has 0 heterocycles. The van der Waals surface area contributed by atoms with E-state index in [4.69, 9.17) is 10.00 Å². The van der Waals surface area contributed by atoms with Gasteiger partial charge in [0.2, 0.25) is 0 Å². The maximum Gasteiger partial charge on any atom is 0.121 e. The summed E-state index contributed by atoms with van der Waals surface area (Å²) in [5.74, 6) is 0.866. The zero-order valence-corrected chi connectivity index (χ0v) is 12.0. The van der Waals surface area contributed by atoms with Crippen molar-refractivity contribution in [1.29, 1.82) is 5.26 Å². The Kier molecular flexibility index (Phi) is 7.50. The molecule has 1 rings (SSSR count). The van der Waals surface area contributed by atoms with Crippen LogP contribution in [-0.2, 0) is 0 Å². The first-order valence-corrected chi connectivity index (χ1v) is 7.12. The van der Waals surface area contributed by atoms with Crippen LogP contribution in [0.1, 0.15) is 46.0 Å². The molecule has 1 N–H and O–H groups in total. The van der Waals surface area contributed by atoms with Crippen molar-refractivity contribution in [3.05, 3.63) is 24.3 Å². The summed E-state index contributed by atoms with van der Waals surface area (Å²) in [7, 11) is 0. The monoisotopic (exact) mass is 260 g/mol. The molecular weight excluding hydrogens is 236 g/mol. The molecule has 0 amide bonds. The van der Waals surface area contributed by atoms with Crippen molar-refractivity contribution < 1.29 is 4.74 Å². The Labute approximate surface area is 116 Å². The van der Waals surface area contributed by atoms with Gasteiger partial charge in [0.15, 0.2) is 0 Å². The van der Waals surface area contributed by atoms with Gasteiger partial charge in [-0.1, -0.05) is 25.8 Å². The minimum Gasteiger partial charge on any atom is -0.493 e. The minimum absolute atomic E-state index is 0.480. The van der Waals surface area contributed by atoms with E-state index in [1.165, 1.54) is 19.3 Å². The fourth-order valence-electron chi connectivity index (χ4n) is 1.88. The zero-order valence-electron chi connectivity index (χ0n) is 12.0. The number of nitrogens with zero attached hydrogens (tertiary/aromatic N) is 1. The Hall–Kier alpha value is -1.69. The average Bonchev–Trinajstić information content (AvgIpc) is 2.42. The van der Waals surface area contributed by atoms with Crippen LogP contribution in [0.25, 0.3) is 0 Å². The Morgan fingerprint density at radius 3 is 2.95 bits per heavy atom. The molecular formula is C16H24N2O. The molecule has 1 unspecified atom stereocenters. The minimum atomic E-state index is 0.480. The number of anilines is 1. The summed E-state index contributed by atoms with van der Waals surface area (Å²) in [6, 6.07) is 10.6. The van der Waals surface area contributed by atoms with E-state index in [1.807, 2.05) is 18.2 Å². The van der Waals surface area contributed by atoms with Crippen LogP contribution in [0, 0.1) is 11.3 Å². The van der Waals surface area contributed by atoms with Gasteiger partial charge in [-0.2, -0.15) is 5.26 Å². The number of nitriles is 1. The number of benzene rings is 1. The summed E-state index contributed by atoms with van der Waals surface area (Å²) in [6.45, 7) is 5.01. The lowest BCUT2D eigenvalue weighted by atomic mass is 10.1. The van der Waals surface area contributed by atoms with Crippen molar-refractivity contribution >= 4 is 5.69 Å². The smallest absolute Gasteiger partial charge is 0.121 e. The van der Waals surface area contributed by atoms with E-state index in [2.05, 4.69) is 31.3 Å². The van der Waals surface area contributed by atoms with E-state index >= 15 is 0 Å². The molecule has 0 saturated carbocycles. The third kappa shape index (κ3) is 6.71. The van der Waals surface area contributed by atoms with Gasteiger partial charge in [0, 0.05) is 24.2 Å². The third-order valence-corrected chi connectivity index (χ3v) is 2.94. The Morgan fingerprint density at radius 2 is 2.21 bits per heavy atom. The first kappa shape index (κ1) is 15.4. The highest BCUT2D eigenvalue weighted by atomic mass is 16.5. The van der Waals surface area contributed by atoms with E-state index < -0.39 is 0 Å². The van der Waals surface area contributed by atoms with Crippen LogP contribution in [0.4, 0.5) is 5.69 Å². The van der Waals surface area contributed by atoms with Gasteiger partial charge in [-0.15, -0.1) is 0 Å². The van der Waals surface area contributed by atoms with Crippen molar-refractivity contribution in [2.24, 2.45) is 0 Å². The molecule has 19 heavy (non-hydrogen) atoms. The van der Waals surface area contributed by atoms with Crippen molar-refractivity contribution in [2.75, 3.05) is 11.9 Å². The summed E-state index contributed by atoms with van der Waals surface area (Å²) >= 11 is 0. The van der Waals surface area contributed by atoms with Gasteiger partial charge in [-0.3, -0.25) is 0 Å². The predicted molar refractivity (Wildman–Crippen MR) is 79.4 cm³/mol. The summed E-state index contributed by atoms with van der Waals surface area (Å²) in [5.41, 5.74) is 1.10. The van der Waals surface area contributed by atoms with Crippen LogP contribution in [0.2, 0.25) is 0 Å². The second-order valence-corrected chi connectivity index (χ2v) is 4.83. The van der Waals surface area contributed by atoms with Gasteiger partial charge in [0.1, 0.15) is 5.75 Å². The molecule has 0 bridgehead atoms. The molecule has 0 aromatic heterocycles. The summed E-state index contributed by atoms with van der Waals surface area (Å²) in [4.78, 5) is 0. The maximum atomic E-state index is 8.46. The lowest BCUT2D eigenvalue weighted by Gasteiger charge is -2.15. The quantitative estimate of drug-likeness (QED) is 0.671. The summed E-state index contributed by atoms with van der Waals surface area (Å²) in [5, 5.41) is 11.9. The summed E-state index contributed by atoms with van der Waals surface area (Å²) in [6.07, 6.45) is 4.99. The molecule has 0 spiro atoms. The van der Waals surface area contributed by atoms with E-state index in [-0.39, 0.29) is 0 Å². The Balaban J connectivity index is 2.41. The third-order valence-electron chi connectivity index (χ3n) is 2.94. The summed E-state index contributed by atoms with van der Waals surface area (Å²) < 4.78 is 5.62. The SMILES string of the molecule is CCCCC(C)Nc1cccc(OCCCC#N)c1. The van der Waals surface area contributed by atoms with Crippen LogP contribution in [-0.4, -0.2) is 12.6 Å². The van der Waals surface area contributed by atoms with Crippen LogP contribution in [0.5, 0.6) is 5.75 Å². The van der Waals surface area contributed by atoms with Crippen molar-refractivity contribution in [2.45, 2.75) is 52.0 Å². The van der Waals surface area contributed by atoms with E-state index in [1.54, 1.807) is 0 Å². The largest absolute Gasteiger partial charge is 0.493 e. The number of hydrogen-bond acceptors (Lipinski definition) is 3. The number of hydrogen-bond donors (Lipinski definition) is 1. The topological polar surface area (TPSA) is 45.0 Å². The van der Waals surface area contributed by atoms with Gasteiger partial charge in [-0.05, 0) is 31.9 Å². The van der Waals surface area contributed by atoms with Crippen molar-refractivity contribution in [3.8, 4) is 11.8 Å². The molecule has 0 fully saturated rings. The fraction of sp³-hybridized carbons (Fsp3) is 0.562. The van der Waals surface area contributed by atoms with E-state index in [9.17, 15) is 0 Å². The molecule has 1 atom stereocenters. The van der Waals surface area contributed by atoms with Gasteiger partial charge >= 0.3 is 0 Å². The highest BCUT2D eigenvalue weighted by molar-refractivity contribution is 5.48. The molecule has 104 valence electrons. The van der Waals surface area contributed by atoms with E-state index in [0.717, 1.165) is 17.9 Å². The normalized spacial score (nSPS) is 11.6. The first-order valence-electron chi connectivity index (χ1n) is 7.12. The molecule has 0 saturated heterocycles. The molecule has 0 aliphatic rings. The number of ether oxygens (including phenoxy) is 1. The van der Waals surface area contributed by atoms with Crippen LogP contribution in [0.15, 0.2) is 24.3 Å². The molecule has 0 aliphatic carbocycles. The molecule has 1 aromatic rings. The van der Waals surface area contributed by atoms with E-state index in [0.29, 0.717) is 19.1 Å². The molecule has 1 aromatic carbocycles. The highest BCUT2D eigenvalue weighted by Gasteiger charge is 2.02. The second kappa shape index (κ2) is 9.27. The first-order chi connectivity index (χ1) is 9.26. The maximum absolute atomic E-state index is 8.46. The Morgan fingerprint density at radius 1 is 1.37 bits per heavy atom. The van der Waals surface area contributed by atoms with Gasteiger partial charge < -0.3 is 10.1 Å². The number of unbranched alkanes of at least 4 members (excludes halogenated alkanes) is 2. The standard InChI is InChI=1S/C16H24N2O/c1-3-4-8-14(2)18-15-9-7-10-16(13-15)19-12-6-5-11-17/h7,9-10,13-14,18H,3-6,8,12H2,1-2H3. The fourth-order valence-corrected chi connectivity index (χ4v) is 1.88. The van der Waals surface area contributed by atoms with Crippen LogP contribution in [0.3, 0.4) is 0 Å². The number of nitrogens with one attached hydrogen (secondary N) is 1. The van der Waals surface area contributed by atoms with Gasteiger partial charge in [0.25, 0.3) is 0 Å². The van der Waals surface area contributed by atoms with Crippen LogP contribution >= 0.6 is 0 Å². The lowest BCUT2D eigenvalue weighted by molar-refractivity contribution is 0.313. The second-order valence-electron chi connectivity index (χ2n) is 4.83. The molecule has 3 heteroatoms. The van der Waals surface area contributed by atoms with Crippen molar-refractivity contribution in [3.63, 3.8) is 0 Å². The van der Waals surface area contributed by atoms with Gasteiger partial charge in [-0.25, -0.2) is 0 Å². The Bertz CT molecular complexity index is 398. The highest BCUT2D eigenvalue weighted by Crippen LogP contribution is 2.19. The molecule has 0 radical (unpaired) electrons. The molecule has 3 nitrogen and oxygen atoms in total.